The van der Waals surface area contributed by atoms with E-state index in [0.29, 0.717) is 27.4 Å². The number of hydrogen-bond donors (Lipinski definition) is 1. The van der Waals surface area contributed by atoms with Crippen LogP contribution in [-0.4, -0.2) is 20.7 Å². The number of aryl methyl sites for hydroxylation is 2. The maximum atomic E-state index is 12.6. The quantitative estimate of drug-likeness (QED) is 0.432. The highest BCUT2D eigenvalue weighted by molar-refractivity contribution is 7.14. The zero-order chi connectivity index (χ0) is 20.4. The van der Waals surface area contributed by atoms with Crippen molar-refractivity contribution in [3.63, 3.8) is 0 Å². The number of ether oxygens (including phenoxy) is 1. The lowest BCUT2D eigenvalue weighted by Gasteiger charge is -2.06. The van der Waals surface area contributed by atoms with Gasteiger partial charge in [-0.3, -0.25) is 14.8 Å². The summed E-state index contributed by atoms with van der Waals surface area (Å²) in [6.07, 6.45) is 1.92. The number of hydrogen-bond acceptors (Lipinski definition) is 6. The van der Waals surface area contributed by atoms with Crippen LogP contribution in [0.1, 0.15) is 20.9 Å². The SMILES string of the molecule is Cc1nn(C)cc1-c1csc(NC(=O)c2cc(COc3ccccc3Cl)cs2)n1. The molecule has 3 heterocycles. The normalized spacial score (nSPS) is 10.9. The lowest BCUT2D eigenvalue weighted by molar-refractivity contribution is 0.103. The van der Waals surface area contributed by atoms with Crippen LogP contribution in [0.3, 0.4) is 0 Å². The Labute approximate surface area is 180 Å². The number of nitrogens with one attached hydrogen (secondary N) is 1. The van der Waals surface area contributed by atoms with Gasteiger partial charge in [0.15, 0.2) is 5.13 Å². The average Bonchev–Trinajstić information content (AvgIpc) is 3.41. The van der Waals surface area contributed by atoms with Gasteiger partial charge in [-0.1, -0.05) is 23.7 Å². The third-order valence-electron chi connectivity index (χ3n) is 4.12. The summed E-state index contributed by atoms with van der Waals surface area (Å²) in [6.45, 7) is 2.28. The minimum absolute atomic E-state index is 0.192. The Bertz CT molecular complexity index is 1160. The Kier molecular flexibility index (Phi) is 5.66. The third kappa shape index (κ3) is 4.50. The molecule has 0 saturated carbocycles. The standard InChI is InChI=1S/C20H17ClN4O2S2/c1-12-14(8-25(2)24-12)16-11-29-20(22-16)23-19(26)18-7-13(10-28-18)9-27-17-6-4-3-5-15(17)21/h3-8,10-11H,9H2,1-2H3,(H,22,23,26). The first-order valence-electron chi connectivity index (χ1n) is 8.72. The van der Waals surface area contributed by atoms with Crippen molar-refractivity contribution in [2.24, 2.45) is 7.05 Å². The molecule has 0 aliphatic heterocycles. The molecule has 0 spiro atoms. The Morgan fingerprint density at radius 3 is 2.86 bits per heavy atom. The third-order valence-corrected chi connectivity index (χ3v) is 6.17. The highest BCUT2D eigenvalue weighted by Crippen LogP contribution is 2.28. The largest absolute Gasteiger partial charge is 0.487 e. The molecule has 0 unspecified atom stereocenters. The molecule has 0 atom stereocenters. The highest BCUT2D eigenvalue weighted by Gasteiger charge is 2.14. The van der Waals surface area contributed by atoms with Crippen LogP contribution in [0.5, 0.6) is 5.75 Å². The van der Waals surface area contributed by atoms with Gasteiger partial charge in [0, 0.05) is 29.8 Å². The molecule has 0 aliphatic rings. The molecule has 1 amide bonds. The molecule has 3 aromatic heterocycles. The van der Waals surface area contributed by atoms with E-state index in [9.17, 15) is 4.79 Å². The molecule has 0 radical (unpaired) electrons. The molecular formula is C20H17ClN4O2S2. The number of benzene rings is 1. The van der Waals surface area contributed by atoms with E-state index in [2.05, 4.69) is 15.4 Å². The van der Waals surface area contributed by atoms with Crippen LogP contribution in [-0.2, 0) is 13.7 Å². The van der Waals surface area contributed by atoms with E-state index < -0.39 is 0 Å². The Morgan fingerprint density at radius 2 is 2.10 bits per heavy atom. The van der Waals surface area contributed by atoms with Gasteiger partial charge in [0.25, 0.3) is 5.91 Å². The summed E-state index contributed by atoms with van der Waals surface area (Å²) in [5, 5.41) is 12.1. The number of amides is 1. The first-order chi connectivity index (χ1) is 14.0. The topological polar surface area (TPSA) is 69.0 Å². The van der Waals surface area contributed by atoms with Crippen molar-refractivity contribution in [2.75, 3.05) is 5.32 Å². The van der Waals surface area contributed by atoms with Gasteiger partial charge in [-0.15, -0.1) is 22.7 Å². The number of aromatic nitrogens is 3. The van der Waals surface area contributed by atoms with Crippen molar-refractivity contribution in [1.82, 2.24) is 14.8 Å². The van der Waals surface area contributed by atoms with Crippen LogP contribution in [0, 0.1) is 6.92 Å². The average molecular weight is 445 g/mol. The first-order valence-corrected chi connectivity index (χ1v) is 10.9. The maximum absolute atomic E-state index is 12.6. The molecule has 0 bridgehead atoms. The van der Waals surface area contributed by atoms with Gasteiger partial charge < -0.3 is 4.74 Å². The fourth-order valence-electron chi connectivity index (χ4n) is 2.76. The summed E-state index contributed by atoms with van der Waals surface area (Å²) in [5.74, 6) is 0.426. The predicted octanol–water partition coefficient (Wildman–Crippen LogP) is 5.40. The zero-order valence-corrected chi connectivity index (χ0v) is 18.1. The summed E-state index contributed by atoms with van der Waals surface area (Å²) in [5.41, 5.74) is 3.57. The fraction of sp³-hybridized carbons (Fsp3) is 0.150. The van der Waals surface area contributed by atoms with Gasteiger partial charge in [-0.2, -0.15) is 5.10 Å². The molecule has 1 aromatic carbocycles. The van der Waals surface area contributed by atoms with Gasteiger partial charge in [-0.05, 0) is 30.5 Å². The smallest absolute Gasteiger partial charge is 0.267 e. The van der Waals surface area contributed by atoms with E-state index in [0.717, 1.165) is 22.5 Å². The van der Waals surface area contributed by atoms with Gasteiger partial charge in [0.05, 0.1) is 21.3 Å². The number of carbonyl (C=O) groups excluding carboxylic acids is 1. The molecule has 0 fully saturated rings. The molecule has 4 rings (SSSR count). The number of carbonyl (C=O) groups is 1. The molecule has 0 aliphatic carbocycles. The molecular weight excluding hydrogens is 428 g/mol. The van der Waals surface area contributed by atoms with Crippen LogP contribution in [0.4, 0.5) is 5.13 Å². The van der Waals surface area contributed by atoms with Crippen LogP contribution in [0.25, 0.3) is 11.3 Å². The van der Waals surface area contributed by atoms with Crippen LogP contribution in [0.15, 0.2) is 47.3 Å². The lowest BCUT2D eigenvalue weighted by Crippen LogP contribution is -2.09. The number of nitrogens with zero attached hydrogens (tertiary/aromatic N) is 3. The molecule has 9 heteroatoms. The maximum Gasteiger partial charge on any atom is 0.267 e. The van der Waals surface area contributed by atoms with E-state index in [1.807, 2.05) is 55.2 Å². The van der Waals surface area contributed by atoms with Crippen LogP contribution >= 0.6 is 34.3 Å². The molecule has 29 heavy (non-hydrogen) atoms. The van der Waals surface area contributed by atoms with Crippen molar-refractivity contribution in [1.29, 1.82) is 0 Å². The number of thiazole rings is 1. The second-order valence-corrected chi connectivity index (χ2v) is 8.51. The van der Waals surface area contributed by atoms with Gasteiger partial charge in [0.1, 0.15) is 12.4 Å². The number of rotatable bonds is 6. The van der Waals surface area contributed by atoms with Crippen molar-refractivity contribution < 1.29 is 9.53 Å². The zero-order valence-electron chi connectivity index (χ0n) is 15.7. The fourth-order valence-corrected chi connectivity index (χ4v) is 4.45. The van der Waals surface area contributed by atoms with Crippen molar-refractivity contribution >= 4 is 45.3 Å². The second kappa shape index (κ2) is 8.36. The summed E-state index contributed by atoms with van der Waals surface area (Å²) in [4.78, 5) is 17.7. The second-order valence-electron chi connectivity index (χ2n) is 6.33. The minimum Gasteiger partial charge on any atom is -0.487 e. The van der Waals surface area contributed by atoms with Crippen molar-refractivity contribution in [3.05, 3.63) is 68.4 Å². The Morgan fingerprint density at radius 1 is 1.28 bits per heavy atom. The molecule has 148 valence electrons. The van der Waals surface area contributed by atoms with Gasteiger partial charge >= 0.3 is 0 Å². The minimum atomic E-state index is -0.192. The van der Waals surface area contributed by atoms with E-state index in [1.165, 1.54) is 22.7 Å². The van der Waals surface area contributed by atoms with Crippen molar-refractivity contribution in [2.45, 2.75) is 13.5 Å². The number of anilines is 1. The van der Waals surface area contributed by atoms with Crippen LogP contribution in [0.2, 0.25) is 5.02 Å². The number of halogens is 1. The Balaban J connectivity index is 1.39. The molecule has 4 aromatic rings. The Hall–Kier alpha value is -2.68. The monoisotopic (exact) mass is 444 g/mol. The predicted molar refractivity (Wildman–Crippen MR) is 117 cm³/mol. The highest BCUT2D eigenvalue weighted by atomic mass is 35.5. The van der Waals surface area contributed by atoms with Gasteiger partial charge in [-0.25, -0.2) is 4.98 Å². The summed E-state index contributed by atoms with van der Waals surface area (Å²) >= 11 is 8.85. The number of para-hydroxylation sites is 1. The molecule has 6 nitrogen and oxygen atoms in total. The van der Waals surface area contributed by atoms with E-state index in [1.54, 1.807) is 10.7 Å². The van der Waals surface area contributed by atoms with Crippen LogP contribution < -0.4 is 10.1 Å². The first kappa shape index (κ1) is 19.6. The lowest BCUT2D eigenvalue weighted by atomic mass is 10.2. The van der Waals surface area contributed by atoms with Crippen molar-refractivity contribution in [3.8, 4) is 17.0 Å². The summed E-state index contributed by atoms with van der Waals surface area (Å²) in [7, 11) is 1.87. The van der Waals surface area contributed by atoms with E-state index >= 15 is 0 Å². The summed E-state index contributed by atoms with van der Waals surface area (Å²) in [6, 6.07) is 9.12. The summed E-state index contributed by atoms with van der Waals surface area (Å²) < 4.78 is 7.47. The number of thiophene rings is 1. The molecule has 1 N–H and O–H groups in total. The van der Waals surface area contributed by atoms with E-state index in [-0.39, 0.29) is 5.91 Å². The van der Waals surface area contributed by atoms with Gasteiger partial charge in [0.2, 0.25) is 0 Å². The van der Waals surface area contributed by atoms with E-state index in [4.69, 9.17) is 16.3 Å². The molecule has 0 saturated heterocycles.